The Labute approximate surface area is 147 Å². The number of anilines is 2. The maximum Gasteiger partial charge on any atom is 0.214 e. The number of hydrogen-bond donors (Lipinski definition) is 0. The van der Waals surface area contributed by atoms with Gasteiger partial charge in [0, 0.05) is 35.2 Å². The van der Waals surface area contributed by atoms with Gasteiger partial charge in [-0.2, -0.15) is 0 Å². The SMILES string of the molecule is Clc1ccc(-c2cn3nc(N4CCc5cnccc54)sc3n2)cc1. The maximum absolute atomic E-state index is 5.95. The monoisotopic (exact) mass is 353 g/mol. The van der Waals surface area contributed by atoms with Crippen molar-refractivity contribution in [1.29, 1.82) is 0 Å². The van der Waals surface area contributed by atoms with Crippen LogP contribution in [0.15, 0.2) is 48.9 Å². The van der Waals surface area contributed by atoms with Gasteiger partial charge in [0.25, 0.3) is 0 Å². The molecule has 0 saturated carbocycles. The number of benzene rings is 1. The van der Waals surface area contributed by atoms with Gasteiger partial charge in [-0.15, -0.1) is 5.10 Å². The second-order valence-electron chi connectivity index (χ2n) is 5.65. The highest BCUT2D eigenvalue weighted by Crippen LogP contribution is 2.36. The largest absolute Gasteiger partial charge is 0.316 e. The molecule has 0 aliphatic carbocycles. The number of imidazole rings is 1. The zero-order valence-corrected chi connectivity index (χ0v) is 14.1. The zero-order chi connectivity index (χ0) is 16.1. The molecule has 0 N–H and O–H groups in total. The third kappa shape index (κ3) is 2.18. The standard InChI is InChI=1S/C17H12ClN5S/c18-13-3-1-11(2-4-13)14-10-23-16(20-14)24-17(21-23)22-8-6-12-9-19-7-5-15(12)22/h1-5,7,9-10H,6,8H2. The van der Waals surface area contributed by atoms with Crippen molar-refractivity contribution in [3.8, 4) is 11.3 Å². The first-order valence-electron chi connectivity index (χ1n) is 7.60. The normalized spacial score (nSPS) is 13.6. The predicted octanol–water partition coefficient (Wildman–Crippen LogP) is 4.20. The van der Waals surface area contributed by atoms with Crippen molar-refractivity contribution in [3.63, 3.8) is 0 Å². The van der Waals surface area contributed by atoms with Crippen LogP contribution in [0.5, 0.6) is 0 Å². The molecule has 0 amide bonds. The third-order valence-corrected chi connectivity index (χ3v) is 5.37. The minimum absolute atomic E-state index is 0.724. The number of pyridine rings is 1. The molecule has 118 valence electrons. The first-order chi connectivity index (χ1) is 11.8. The highest BCUT2D eigenvalue weighted by atomic mass is 35.5. The fraction of sp³-hybridized carbons (Fsp3) is 0.118. The Morgan fingerprint density at radius 1 is 1.12 bits per heavy atom. The molecule has 7 heteroatoms. The van der Waals surface area contributed by atoms with Crippen molar-refractivity contribution >= 4 is 38.7 Å². The van der Waals surface area contributed by atoms with Gasteiger partial charge in [0.1, 0.15) is 0 Å². The molecule has 4 heterocycles. The number of halogens is 1. The summed E-state index contributed by atoms with van der Waals surface area (Å²) in [5.41, 5.74) is 4.41. The van der Waals surface area contributed by atoms with Crippen LogP contribution in [0.3, 0.4) is 0 Å². The maximum atomic E-state index is 5.95. The van der Waals surface area contributed by atoms with E-state index in [4.69, 9.17) is 21.7 Å². The van der Waals surface area contributed by atoms with Gasteiger partial charge in [-0.1, -0.05) is 35.1 Å². The Morgan fingerprint density at radius 2 is 2.00 bits per heavy atom. The summed E-state index contributed by atoms with van der Waals surface area (Å²) in [7, 11) is 0. The van der Waals surface area contributed by atoms with Gasteiger partial charge in [0.2, 0.25) is 10.1 Å². The minimum atomic E-state index is 0.724. The molecule has 4 aromatic rings. The molecule has 0 bridgehead atoms. The van der Waals surface area contributed by atoms with E-state index >= 15 is 0 Å². The van der Waals surface area contributed by atoms with E-state index in [1.165, 1.54) is 11.3 Å². The van der Waals surface area contributed by atoms with E-state index in [1.54, 1.807) is 11.3 Å². The van der Waals surface area contributed by atoms with Gasteiger partial charge in [-0.3, -0.25) is 4.98 Å². The Bertz CT molecular complexity index is 1010. The highest BCUT2D eigenvalue weighted by molar-refractivity contribution is 7.20. The molecule has 3 aromatic heterocycles. The number of aromatic nitrogens is 4. The Kier molecular flexibility index (Phi) is 3.08. The molecule has 1 aliphatic rings. The summed E-state index contributed by atoms with van der Waals surface area (Å²) in [6.45, 7) is 0.932. The van der Waals surface area contributed by atoms with E-state index < -0.39 is 0 Å². The fourth-order valence-electron chi connectivity index (χ4n) is 2.99. The van der Waals surface area contributed by atoms with Crippen LogP contribution in [-0.4, -0.2) is 26.1 Å². The molecule has 1 aliphatic heterocycles. The lowest BCUT2D eigenvalue weighted by molar-refractivity contribution is 0.920. The zero-order valence-electron chi connectivity index (χ0n) is 12.6. The van der Waals surface area contributed by atoms with Crippen molar-refractivity contribution in [2.45, 2.75) is 6.42 Å². The van der Waals surface area contributed by atoms with E-state index in [0.717, 1.165) is 39.3 Å². The number of hydrogen-bond acceptors (Lipinski definition) is 5. The van der Waals surface area contributed by atoms with Crippen LogP contribution in [0.1, 0.15) is 5.56 Å². The van der Waals surface area contributed by atoms with E-state index in [-0.39, 0.29) is 0 Å². The molecule has 0 fully saturated rings. The molecule has 0 saturated heterocycles. The highest BCUT2D eigenvalue weighted by Gasteiger charge is 2.23. The van der Waals surface area contributed by atoms with Crippen LogP contribution in [0.2, 0.25) is 5.02 Å². The lowest BCUT2D eigenvalue weighted by Crippen LogP contribution is -2.13. The molecule has 1 aromatic carbocycles. The number of nitrogens with zero attached hydrogens (tertiary/aromatic N) is 5. The second-order valence-corrected chi connectivity index (χ2v) is 7.02. The van der Waals surface area contributed by atoms with E-state index in [0.29, 0.717) is 0 Å². The van der Waals surface area contributed by atoms with Crippen molar-refractivity contribution in [2.24, 2.45) is 0 Å². The number of rotatable bonds is 2. The van der Waals surface area contributed by atoms with Gasteiger partial charge in [0.15, 0.2) is 0 Å². The summed E-state index contributed by atoms with van der Waals surface area (Å²) in [6, 6.07) is 9.74. The molecular weight excluding hydrogens is 342 g/mol. The van der Waals surface area contributed by atoms with Gasteiger partial charge in [0.05, 0.1) is 11.9 Å². The topological polar surface area (TPSA) is 46.3 Å². The summed E-state index contributed by atoms with van der Waals surface area (Å²) in [5, 5.41) is 6.40. The average Bonchev–Trinajstić information content (AvgIpc) is 3.27. The molecular formula is C17H12ClN5S. The molecule has 0 atom stereocenters. The Morgan fingerprint density at radius 3 is 2.83 bits per heavy atom. The quantitative estimate of drug-likeness (QED) is 0.542. The van der Waals surface area contributed by atoms with Crippen LogP contribution >= 0.6 is 22.9 Å². The van der Waals surface area contributed by atoms with Crippen molar-refractivity contribution in [2.75, 3.05) is 11.4 Å². The smallest absolute Gasteiger partial charge is 0.214 e. The fourth-order valence-corrected chi connectivity index (χ4v) is 4.03. The molecule has 0 spiro atoms. The predicted molar refractivity (Wildman–Crippen MR) is 96.3 cm³/mol. The molecule has 0 unspecified atom stereocenters. The molecule has 5 rings (SSSR count). The van der Waals surface area contributed by atoms with E-state index in [2.05, 4.69) is 9.88 Å². The average molecular weight is 354 g/mol. The lowest BCUT2D eigenvalue weighted by Gasteiger charge is -2.14. The van der Waals surface area contributed by atoms with Crippen molar-refractivity contribution < 1.29 is 0 Å². The van der Waals surface area contributed by atoms with E-state index in [1.807, 2.05) is 53.4 Å². The van der Waals surface area contributed by atoms with Gasteiger partial charge >= 0.3 is 0 Å². The Balaban J connectivity index is 1.52. The lowest BCUT2D eigenvalue weighted by atomic mass is 10.2. The van der Waals surface area contributed by atoms with Crippen molar-refractivity contribution in [1.82, 2.24) is 19.6 Å². The first kappa shape index (κ1) is 13.9. The van der Waals surface area contributed by atoms with Crippen LogP contribution in [0.4, 0.5) is 10.8 Å². The Hall–Kier alpha value is -2.44. The third-order valence-electron chi connectivity index (χ3n) is 4.18. The van der Waals surface area contributed by atoms with Crippen LogP contribution in [0, 0.1) is 0 Å². The summed E-state index contributed by atoms with van der Waals surface area (Å²) in [6.07, 6.45) is 6.73. The summed E-state index contributed by atoms with van der Waals surface area (Å²) >= 11 is 7.54. The summed E-state index contributed by atoms with van der Waals surface area (Å²) in [5.74, 6) is 0. The van der Waals surface area contributed by atoms with Crippen LogP contribution in [0.25, 0.3) is 16.2 Å². The summed E-state index contributed by atoms with van der Waals surface area (Å²) in [4.78, 5) is 12.0. The molecule has 5 nitrogen and oxygen atoms in total. The minimum Gasteiger partial charge on any atom is -0.316 e. The van der Waals surface area contributed by atoms with E-state index in [9.17, 15) is 0 Å². The first-order valence-corrected chi connectivity index (χ1v) is 8.80. The van der Waals surface area contributed by atoms with Crippen molar-refractivity contribution in [3.05, 3.63) is 59.5 Å². The summed E-state index contributed by atoms with van der Waals surface area (Å²) < 4.78 is 1.85. The van der Waals surface area contributed by atoms with Gasteiger partial charge in [-0.05, 0) is 30.2 Å². The molecule has 0 radical (unpaired) electrons. The van der Waals surface area contributed by atoms with Crippen LogP contribution in [-0.2, 0) is 6.42 Å². The second kappa shape index (κ2) is 5.29. The van der Waals surface area contributed by atoms with Crippen LogP contribution < -0.4 is 4.90 Å². The number of fused-ring (bicyclic) bond motifs is 2. The van der Waals surface area contributed by atoms with Gasteiger partial charge < -0.3 is 4.90 Å². The van der Waals surface area contributed by atoms with Gasteiger partial charge in [-0.25, -0.2) is 9.50 Å². The molecule has 24 heavy (non-hydrogen) atoms.